The third-order valence-electron chi connectivity index (χ3n) is 3.45. The summed E-state index contributed by atoms with van der Waals surface area (Å²) in [4.78, 5) is 22.8. The van der Waals surface area contributed by atoms with Crippen LogP contribution in [0.3, 0.4) is 0 Å². The molecule has 0 saturated carbocycles. The normalized spacial score (nSPS) is 10.5. The van der Waals surface area contributed by atoms with Crippen LogP contribution in [0.2, 0.25) is 5.02 Å². The van der Waals surface area contributed by atoms with E-state index in [9.17, 15) is 4.79 Å². The van der Waals surface area contributed by atoms with Crippen LogP contribution < -0.4 is 10.2 Å². The molecule has 0 radical (unpaired) electrons. The summed E-state index contributed by atoms with van der Waals surface area (Å²) in [5.41, 5.74) is 3.25. The largest absolute Gasteiger partial charge is 0.347 e. The van der Waals surface area contributed by atoms with Gasteiger partial charge in [-0.05, 0) is 38.0 Å². The number of halogens is 1. The maximum absolute atomic E-state index is 12.2. The van der Waals surface area contributed by atoms with Crippen molar-refractivity contribution in [1.82, 2.24) is 9.97 Å². The van der Waals surface area contributed by atoms with Gasteiger partial charge in [0.2, 0.25) is 11.9 Å². The lowest BCUT2D eigenvalue weighted by molar-refractivity contribution is -0.116. The first kappa shape index (κ1) is 17.2. The maximum atomic E-state index is 12.2. The van der Waals surface area contributed by atoms with Crippen molar-refractivity contribution in [3.05, 3.63) is 46.2 Å². The maximum Gasteiger partial charge on any atom is 0.225 e. The fourth-order valence-corrected chi connectivity index (χ4v) is 2.44. The van der Waals surface area contributed by atoms with Crippen molar-refractivity contribution in [2.75, 3.05) is 24.3 Å². The molecule has 0 aliphatic heterocycles. The molecule has 1 aromatic heterocycles. The molecular weight excluding hydrogens is 312 g/mol. The highest BCUT2D eigenvalue weighted by molar-refractivity contribution is 6.30. The van der Waals surface area contributed by atoms with E-state index in [1.54, 1.807) is 0 Å². The van der Waals surface area contributed by atoms with Gasteiger partial charge in [-0.2, -0.15) is 0 Å². The van der Waals surface area contributed by atoms with Crippen molar-refractivity contribution in [2.24, 2.45) is 0 Å². The zero-order valence-corrected chi connectivity index (χ0v) is 14.6. The van der Waals surface area contributed by atoms with Gasteiger partial charge in [0.25, 0.3) is 0 Å². The minimum Gasteiger partial charge on any atom is -0.347 e. The van der Waals surface area contributed by atoms with Crippen molar-refractivity contribution in [2.45, 2.75) is 26.7 Å². The third-order valence-corrected chi connectivity index (χ3v) is 3.69. The molecule has 0 spiro atoms. The average Bonchev–Trinajstić information content (AvgIpc) is 2.48. The van der Waals surface area contributed by atoms with Crippen molar-refractivity contribution in [3.63, 3.8) is 0 Å². The zero-order valence-electron chi connectivity index (χ0n) is 13.9. The molecule has 0 atom stereocenters. The van der Waals surface area contributed by atoms with E-state index in [-0.39, 0.29) is 5.91 Å². The van der Waals surface area contributed by atoms with E-state index in [4.69, 9.17) is 11.6 Å². The molecule has 23 heavy (non-hydrogen) atoms. The average molecular weight is 333 g/mol. The Kier molecular flexibility index (Phi) is 5.55. The zero-order chi connectivity index (χ0) is 17.0. The predicted molar refractivity (Wildman–Crippen MR) is 94.2 cm³/mol. The lowest BCUT2D eigenvalue weighted by atomic mass is 10.1. The number of nitrogens with one attached hydrogen (secondary N) is 1. The Morgan fingerprint density at radius 1 is 1.22 bits per heavy atom. The summed E-state index contributed by atoms with van der Waals surface area (Å²) < 4.78 is 0. The number of rotatable bonds is 5. The molecule has 5 nitrogen and oxygen atoms in total. The van der Waals surface area contributed by atoms with E-state index in [1.165, 1.54) is 0 Å². The van der Waals surface area contributed by atoms with Crippen LogP contribution >= 0.6 is 11.6 Å². The van der Waals surface area contributed by atoms with E-state index in [0.717, 1.165) is 17.0 Å². The first-order valence-electron chi connectivity index (χ1n) is 7.43. The summed E-state index contributed by atoms with van der Waals surface area (Å²) in [5, 5.41) is 3.60. The summed E-state index contributed by atoms with van der Waals surface area (Å²) in [6, 6.07) is 7.55. The molecule has 122 valence electrons. The second kappa shape index (κ2) is 7.42. The van der Waals surface area contributed by atoms with E-state index in [2.05, 4.69) is 15.3 Å². The molecule has 0 unspecified atom stereocenters. The van der Waals surface area contributed by atoms with Gasteiger partial charge in [-0.3, -0.25) is 4.79 Å². The molecule has 1 aromatic carbocycles. The van der Waals surface area contributed by atoms with Crippen molar-refractivity contribution >= 4 is 29.1 Å². The quantitative estimate of drug-likeness (QED) is 0.911. The third kappa shape index (κ3) is 4.66. The molecule has 1 N–H and O–H groups in total. The van der Waals surface area contributed by atoms with Gasteiger partial charge in [0, 0.05) is 25.5 Å². The van der Waals surface area contributed by atoms with Crippen LogP contribution in [0.5, 0.6) is 0 Å². The van der Waals surface area contributed by atoms with Crippen LogP contribution in [0.1, 0.15) is 23.4 Å². The number of amides is 1. The Hall–Kier alpha value is -2.14. The van der Waals surface area contributed by atoms with E-state index in [1.807, 2.05) is 57.1 Å². The van der Waals surface area contributed by atoms with Gasteiger partial charge in [-0.1, -0.05) is 23.7 Å². The number of nitrogens with zero attached hydrogens (tertiary/aromatic N) is 3. The summed E-state index contributed by atoms with van der Waals surface area (Å²) >= 11 is 5.95. The lowest BCUT2D eigenvalue weighted by Crippen LogP contribution is -2.18. The predicted octanol–water partition coefficient (Wildman–Crippen LogP) is 3.38. The van der Waals surface area contributed by atoms with Gasteiger partial charge < -0.3 is 10.2 Å². The molecule has 1 amide bonds. The molecular formula is C17H21ClN4O. The number of aromatic nitrogens is 2. The minimum absolute atomic E-state index is 0.0580. The molecule has 0 aliphatic carbocycles. The number of aryl methyl sites for hydroxylation is 3. The molecule has 1 heterocycles. The second-order valence-electron chi connectivity index (χ2n) is 5.64. The molecule has 2 aromatic rings. The summed E-state index contributed by atoms with van der Waals surface area (Å²) in [5.74, 6) is 0.578. The number of hydrogen-bond acceptors (Lipinski definition) is 4. The standard InChI is InChI=1S/C17H21ClN4O/c1-11-16(12(2)20-17(19-11)22(3)4)21-15(23)9-8-13-6-5-7-14(18)10-13/h5-7,10H,8-9H2,1-4H3,(H,21,23). The molecule has 2 rings (SSSR count). The Morgan fingerprint density at radius 3 is 2.43 bits per heavy atom. The topological polar surface area (TPSA) is 58.1 Å². The monoisotopic (exact) mass is 332 g/mol. The molecule has 0 bridgehead atoms. The SMILES string of the molecule is Cc1nc(N(C)C)nc(C)c1NC(=O)CCc1cccc(Cl)c1. The number of carbonyl (C=O) groups excluding carboxylic acids is 1. The number of hydrogen-bond donors (Lipinski definition) is 1. The Morgan fingerprint density at radius 2 is 1.87 bits per heavy atom. The lowest BCUT2D eigenvalue weighted by Gasteiger charge is -2.15. The molecule has 0 saturated heterocycles. The van der Waals surface area contributed by atoms with Crippen LogP contribution in [0.15, 0.2) is 24.3 Å². The summed E-state index contributed by atoms with van der Waals surface area (Å²) in [7, 11) is 3.77. The van der Waals surface area contributed by atoms with Crippen molar-refractivity contribution < 1.29 is 4.79 Å². The molecule has 0 aliphatic rings. The molecule has 0 fully saturated rings. The number of carbonyl (C=O) groups is 1. The Labute approximate surface area is 141 Å². The van der Waals surface area contributed by atoms with Crippen molar-refractivity contribution in [1.29, 1.82) is 0 Å². The van der Waals surface area contributed by atoms with Gasteiger partial charge in [0.15, 0.2) is 0 Å². The molecule has 6 heteroatoms. The highest BCUT2D eigenvalue weighted by atomic mass is 35.5. The number of benzene rings is 1. The van der Waals surface area contributed by atoms with Crippen LogP contribution in [-0.4, -0.2) is 30.0 Å². The van der Waals surface area contributed by atoms with Crippen LogP contribution in [0.25, 0.3) is 0 Å². The Balaban J connectivity index is 2.03. The van der Waals surface area contributed by atoms with Gasteiger partial charge >= 0.3 is 0 Å². The second-order valence-corrected chi connectivity index (χ2v) is 6.08. The number of anilines is 2. The smallest absolute Gasteiger partial charge is 0.225 e. The van der Waals surface area contributed by atoms with E-state index >= 15 is 0 Å². The van der Waals surface area contributed by atoms with Gasteiger partial charge in [0.05, 0.1) is 17.1 Å². The van der Waals surface area contributed by atoms with E-state index in [0.29, 0.717) is 29.5 Å². The fraction of sp³-hybridized carbons (Fsp3) is 0.353. The first-order chi connectivity index (χ1) is 10.9. The highest BCUT2D eigenvalue weighted by Gasteiger charge is 2.12. The summed E-state index contributed by atoms with van der Waals surface area (Å²) in [6.07, 6.45) is 1.02. The summed E-state index contributed by atoms with van der Waals surface area (Å²) in [6.45, 7) is 3.74. The van der Waals surface area contributed by atoms with Crippen LogP contribution in [-0.2, 0) is 11.2 Å². The van der Waals surface area contributed by atoms with Gasteiger partial charge in [-0.15, -0.1) is 0 Å². The van der Waals surface area contributed by atoms with E-state index < -0.39 is 0 Å². The van der Waals surface area contributed by atoms with Crippen LogP contribution in [0, 0.1) is 13.8 Å². The first-order valence-corrected chi connectivity index (χ1v) is 7.81. The minimum atomic E-state index is -0.0580. The van der Waals surface area contributed by atoms with Crippen molar-refractivity contribution in [3.8, 4) is 0 Å². The fourth-order valence-electron chi connectivity index (χ4n) is 2.23. The Bertz CT molecular complexity index is 692. The van der Waals surface area contributed by atoms with Crippen LogP contribution in [0.4, 0.5) is 11.6 Å². The highest BCUT2D eigenvalue weighted by Crippen LogP contribution is 2.20. The van der Waals surface area contributed by atoms with Gasteiger partial charge in [-0.25, -0.2) is 9.97 Å². The van der Waals surface area contributed by atoms with Gasteiger partial charge in [0.1, 0.15) is 0 Å².